The van der Waals surface area contributed by atoms with Crippen LogP contribution in [-0.4, -0.2) is 39.5 Å². The molecule has 0 unspecified atom stereocenters. The van der Waals surface area contributed by atoms with E-state index in [-0.39, 0.29) is 6.04 Å². The second kappa shape index (κ2) is 5.36. The summed E-state index contributed by atoms with van der Waals surface area (Å²) in [6.45, 7) is 1.89. The molecule has 1 saturated heterocycles. The highest BCUT2D eigenvalue weighted by atomic mass is 79.9. The van der Waals surface area contributed by atoms with E-state index in [1.54, 1.807) is 11.4 Å². The maximum absolute atomic E-state index is 12.1. The minimum Gasteiger partial charge on any atom is -0.306 e. The van der Waals surface area contributed by atoms with Crippen molar-refractivity contribution in [3.8, 4) is 0 Å². The third-order valence-electron chi connectivity index (χ3n) is 2.87. The molecule has 0 bridgehead atoms. The Hall–Kier alpha value is 0.0500. The maximum atomic E-state index is 12.1. The van der Waals surface area contributed by atoms with Gasteiger partial charge in [0.15, 0.2) is 0 Å². The number of halogens is 1. The number of hydrogen-bond donors (Lipinski definition) is 1. The molecule has 1 fully saturated rings. The normalized spacial score (nSPS) is 19.6. The van der Waals surface area contributed by atoms with Crippen LogP contribution in [-0.2, 0) is 10.0 Å². The Labute approximate surface area is 114 Å². The minimum atomic E-state index is -3.36. The Morgan fingerprint density at radius 2 is 2.12 bits per heavy atom. The summed E-state index contributed by atoms with van der Waals surface area (Å²) < 4.78 is 28.0. The second-order valence-electron chi connectivity index (χ2n) is 4.25. The van der Waals surface area contributed by atoms with E-state index in [1.165, 1.54) is 11.3 Å². The van der Waals surface area contributed by atoms with Crippen LogP contribution in [0, 0.1) is 0 Å². The van der Waals surface area contributed by atoms with Crippen molar-refractivity contribution in [3.05, 3.63) is 15.9 Å². The van der Waals surface area contributed by atoms with Crippen molar-refractivity contribution in [2.24, 2.45) is 0 Å². The number of rotatable bonds is 3. The van der Waals surface area contributed by atoms with Crippen LogP contribution >= 0.6 is 27.3 Å². The van der Waals surface area contributed by atoms with Gasteiger partial charge in [0.05, 0.1) is 0 Å². The van der Waals surface area contributed by atoms with Gasteiger partial charge in [-0.1, -0.05) is 0 Å². The number of hydrogen-bond acceptors (Lipinski definition) is 4. The molecule has 1 aliphatic rings. The highest BCUT2D eigenvalue weighted by Crippen LogP contribution is 2.28. The van der Waals surface area contributed by atoms with Crippen LogP contribution < -0.4 is 4.72 Å². The van der Waals surface area contributed by atoms with Gasteiger partial charge in [0.2, 0.25) is 0 Å². The summed E-state index contributed by atoms with van der Waals surface area (Å²) in [6.07, 6.45) is 1.75. The van der Waals surface area contributed by atoms with Crippen LogP contribution in [0.3, 0.4) is 0 Å². The predicted molar refractivity (Wildman–Crippen MR) is 72.9 cm³/mol. The van der Waals surface area contributed by atoms with Crippen LogP contribution in [0.1, 0.15) is 12.8 Å². The molecule has 1 aromatic heterocycles. The van der Waals surface area contributed by atoms with E-state index < -0.39 is 10.0 Å². The fraction of sp³-hybridized carbons (Fsp3) is 0.600. The Morgan fingerprint density at radius 1 is 1.47 bits per heavy atom. The number of piperidine rings is 1. The fourth-order valence-corrected chi connectivity index (χ4v) is 5.53. The minimum absolute atomic E-state index is 0.0604. The smallest absolute Gasteiger partial charge is 0.251 e. The lowest BCUT2D eigenvalue weighted by molar-refractivity contribution is 0.248. The van der Waals surface area contributed by atoms with Gasteiger partial charge in [0, 0.05) is 10.5 Å². The van der Waals surface area contributed by atoms with Crippen molar-refractivity contribution in [2.75, 3.05) is 20.1 Å². The van der Waals surface area contributed by atoms with Crippen LogP contribution in [0.4, 0.5) is 0 Å². The molecule has 0 saturated carbocycles. The number of nitrogens with zero attached hydrogens (tertiary/aromatic N) is 1. The Balaban J connectivity index is 2.06. The first kappa shape index (κ1) is 13.5. The summed E-state index contributed by atoms with van der Waals surface area (Å²) in [5.41, 5.74) is 0. The van der Waals surface area contributed by atoms with Crippen LogP contribution in [0.15, 0.2) is 20.1 Å². The largest absolute Gasteiger partial charge is 0.306 e. The Morgan fingerprint density at radius 3 is 2.65 bits per heavy atom. The number of likely N-dealkylation sites (tertiary alicyclic amines) is 1. The van der Waals surface area contributed by atoms with Gasteiger partial charge < -0.3 is 4.90 Å². The van der Waals surface area contributed by atoms with Crippen molar-refractivity contribution >= 4 is 37.3 Å². The molecule has 2 rings (SSSR count). The molecule has 0 atom stereocenters. The Kier molecular flexibility index (Phi) is 4.25. The molecule has 1 aromatic rings. The van der Waals surface area contributed by atoms with Gasteiger partial charge in [0.1, 0.15) is 4.21 Å². The number of nitrogens with one attached hydrogen (secondary N) is 1. The third-order valence-corrected chi connectivity index (χ3v) is 7.06. The standard InChI is InChI=1S/C10H15BrN2O2S2/c1-13-5-2-8(3-6-13)12-17(14,15)10-9(11)4-7-16-10/h4,7-8,12H,2-3,5-6H2,1H3. The second-order valence-corrected chi connectivity index (χ2v) is 7.93. The van der Waals surface area contributed by atoms with Gasteiger partial charge >= 0.3 is 0 Å². The lowest BCUT2D eigenvalue weighted by Gasteiger charge is -2.29. The van der Waals surface area contributed by atoms with E-state index in [0.717, 1.165) is 25.9 Å². The third kappa shape index (κ3) is 3.29. The van der Waals surface area contributed by atoms with Gasteiger partial charge in [-0.05, 0) is 60.4 Å². The molecule has 1 N–H and O–H groups in total. The summed E-state index contributed by atoms with van der Waals surface area (Å²) in [5, 5.41) is 1.77. The van der Waals surface area contributed by atoms with Crippen LogP contribution in [0.25, 0.3) is 0 Å². The highest BCUT2D eigenvalue weighted by molar-refractivity contribution is 9.10. The van der Waals surface area contributed by atoms with Gasteiger partial charge in [-0.15, -0.1) is 11.3 Å². The molecule has 0 spiro atoms. The number of sulfonamides is 1. The summed E-state index contributed by atoms with van der Waals surface area (Å²) in [7, 11) is -1.31. The molecule has 2 heterocycles. The predicted octanol–water partition coefficient (Wildman–Crippen LogP) is 1.88. The summed E-state index contributed by atoms with van der Waals surface area (Å²) >= 11 is 4.50. The van der Waals surface area contributed by atoms with Crippen LogP contribution in [0.5, 0.6) is 0 Å². The molecule has 7 heteroatoms. The maximum Gasteiger partial charge on any atom is 0.251 e. The first-order valence-electron chi connectivity index (χ1n) is 5.43. The van der Waals surface area contributed by atoms with E-state index in [9.17, 15) is 8.42 Å². The van der Waals surface area contributed by atoms with Gasteiger partial charge in [-0.25, -0.2) is 13.1 Å². The zero-order valence-corrected chi connectivity index (χ0v) is 12.7. The molecule has 1 aliphatic heterocycles. The molecule has 0 radical (unpaired) electrons. The van der Waals surface area contributed by atoms with Gasteiger partial charge in [-0.3, -0.25) is 0 Å². The number of thiophene rings is 1. The molecule has 4 nitrogen and oxygen atoms in total. The van der Waals surface area contributed by atoms with Crippen molar-refractivity contribution in [1.82, 2.24) is 9.62 Å². The van der Waals surface area contributed by atoms with Crippen LogP contribution in [0.2, 0.25) is 0 Å². The van der Waals surface area contributed by atoms with Crippen molar-refractivity contribution in [2.45, 2.75) is 23.1 Å². The zero-order chi connectivity index (χ0) is 12.5. The molecule has 0 amide bonds. The van der Waals surface area contributed by atoms with Gasteiger partial charge in [0.25, 0.3) is 10.0 Å². The lowest BCUT2D eigenvalue weighted by atomic mass is 10.1. The Bertz CT molecular complexity index is 478. The molecule has 0 aromatic carbocycles. The zero-order valence-electron chi connectivity index (χ0n) is 9.52. The summed E-state index contributed by atoms with van der Waals surface area (Å²) in [4.78, 5) is 2.21. The van der Waals surface area contributed by atoms with Crippen molar-refractivity contribution in [3.63, 3.8) is 0 Å². The first-order chi connectivity index (χ1) is 7.99. The molecule has 17 heavy (non-hydrogen) atoms. The topological polar surface area (TPSA) is 49.4 Å². The quantitative estimate of drug-likeness (QED) is 0.915. The van der Waals surface area contributed by atoms with Crippen molar-refractivity contribution in [1.29, 1.82) is 0 Å². The average molecular weight is 339 g/mol. The first-order valence-corrected chi connectivity index (χ1v) is 8.58. The SMILES string of the molecule is CN1CCC(NS(=O)(=O)c2sccc2Br)CC1. The van der Waals surface area contributed by atoms with E-state index in [1.807, 2.05) is 0 Å². The highest BCUT2D eigenvalue weighted by Gasteiger charge is 2.25. The lowest BCUT2D eigenvalue weighted by Crippen LogP contribution is -2.43. The molecular formula is C10H15BrN2O2S2. The average Bonchev–Trinajstić information content (AvgIpc) is 2.68. The van der Waals surface area contributed by atoms with E-state index in [4.69, 9.17) is 0 Å². The monoisotopic (exact) mass is 338 g/mol. The summed E-state index contributed by atoms with van der Waals surface area (Å²) in [6, 6.07) is 1.82. The van der Waals surface area contributed by atoms with E-state index >= 15 is 0 Å². The molecule has 0 aliphatic carbocycles. The summed E-state index contributed by atoms with van der Waals surface area (Å²) in [5.74, 6) is 0. The van der Waals surface area contributed by atoms with E-state index in [2.05, 4.69) is 32.6 Å². The molecule has 96 valence electrons. The van der Waals surface area contributed by atoms with E-state index in [0.29, 0.717) is 8.68 Å². The van der Waals surface area contributed by atoms with Crippen molar-refractivity contribution < 1.29 is 8.42 Å². The molecular weight excluding hydrogens is 324 g/mol. The fourth-order valence-electron chi connectivity index (χ4n) is 1.87. The van der Waals surface area contributed by atoms with Gasteiger partial charge in [-0.2, -0.15) is 0 Å².